The van der Waals surface area contributed by atoms with Gasteiger partial charge in [-0.2, -0.15) is 0 Å². The fourth-order valence-corrected chi connectivity index (χ4v) is 1.78. The van der Waals surface area contributed by atoms with Crippen LogP contribution in [0.2, 0.25) is 0 Å². The monoisotopic (exact) mass is 216 g/mol. The zero-order valence-electron chi connectivity index (χ0n) is 10.8. The van der Waals surface area contributed by atoms with E-state index in [2.05, 4.69) is 6.92 Å². The Morgan fingerprint density at radius 3 is 2.00 bits per heavy atom. The number of unbranched alkanes of at least 4 members (excludes halogenated alkanes) is 2. The van der Waals surface area contributed by atoms with E-state index in [1.807, 2.05) is 0 Å². The second-order valence-electron chi connectivity index (χ2n) is 5.36. The summed E-state index contributed by atoms with van der Waals surface area (Å²) < 4.78 is 14.4. The third-order valence-corrected chi connectivity index (χ3v) is 2.83. The summed E-state index contributed by atoms with van der Waals surface area (Å²) in [5.41, 5.74) is -2.18. The molecule has 1 atom stereocenters. The predicted molar refractivity (Wildman–Crippen MR) is 62.7 cm³/mol. The number of hydrogen-bond acceptors (Lipinski definition) is 1. The van der Waals surface area contributed by atoms with Crippen LogP contribution < -0.4 is 0 Å². The Morgan fingerprint density at radius 1 is 1.13 bits per heavy atom. The third kappa shape index (κ3) is 4.31. The van der Waals surface area contributed by atoms with Gasteiger partial charge in [-0.25, -0.2) is 4.39 Å². The highest BCUT2D eigenvalue weighted by atomic mass is 19.1. The smallest absolute Gasteiger partial charge is 0.175 e. The number of rotatable bonds is 6. The van der Waals surface area contributed by atoms with Crippen molar-refractivity contribution < 1.29 is 9.18 Å². The second kappa shape index (κ2) is 5.62. The first-order valence-corrected chi connectivity index (χ1v) is 6.01. The molecule has 1 unspecified atom stereocenters. The number of Topliss-reactive ketones (excluding diaryl/α,β-unsaturated/α-hetero) is 1. The van der Waals surface area contributed by atoms with E-state index in [4.69, 9.17) is 0 Å². The summed E-state index contributed by atoms with van der Waals surface area (Å²) in [4.78, 5) is 11.9. The van der Waals surface area contributed by atoms with Gasteiger partial charge >= 0.3 is 0 Å². The molecule has 1 nitrogen and oxygen atoms in total. The van der Waals surface area contributed by atoms with Gasteiger partial charge in [-0.1, -0.05) is 47.5 Å². The molecule has 0 saturated carbocycles. The van der Waals surface area contributed by atoms with Gasteiger partial charge in [0.25, 0.3) is 0 Å². The van der Waals surface area contributed by atoms with Crippen molar-refractivity contribution in [2.24, 2.45) is 5.41 Å². The maximum absolute atomic E-state index is 14.4. The highest BCUT2D eigenvalue weighted by molar-refractivity contribution is 5.91. The molecule has 0 aromatic rings. The average molecular weight is 216 g/mol. The van der Waals surface area contributed by atoms with Crippen molar-refractivity contribution in [2.75, 3.05) is 0 Å². The van der Waals surface area contributed by atoms with E-state index in [1.54, 1.807) is 27.7 Å². The van der Waals surface area contributed by atoms with Crippen LogP contribution in [0.4, 0.5) is 4.39 Å². The quantitative estimate of drug-likeness (QED) is 0.605. The summed E-state index contributed by atoms with van der Waals surface area (Å²) in [5, 5.41) is 0. The lowest BCUT2D eigenvalue weighted by molar-refractivity contribution is -0.139. The summed E-state index contributed by atoms with van der Waals surface area (Å²) >= 11 is 0. The van der Waals surface area contributed by atoms with Crippen LogP contribution in [0.3, 0.4) is 0 Å². The Morgan fingerprint density at radius 2 is 1.67 bits per heavy atom. The van der Waals surface area contributed by atoms with Crippen LogP contribution in [-0.4, -0.2) is 11.5 Å². The zero-order chi connectivity index (χ0) is 12.1. The Kier molecular flexibility index (Phi) is 5.47. The van der Waals surface area contributed by atoms with Crippen LogP contribution >= 0.6 is 0 Å². The Labute approximate surface area is 93.4 Å². The van der Waals surface area contributed by atoms with Crippen LogP contribution in [-0.2, 0) is 4.79 Å². The molecule has 0 bridgehead atoms. The van der Waals surface area contributed by atoms with Gasteiger partial charge in [-0.05, 0) is 19.3 Å². The molecule has 0 radical (unpaired) electrons. The molecule has 0 aromatic heterocycles. The summed E-state index contributed by atoms with van der Waals surface area (Å²) in [5.74, 6) is -0.242. The predicted octanol–water partition coefficient (Wildman–Crippen LogP) is 4.30. The van der Waals surface area contributed by atoms with E-state index in [0.29, 0.717) is 12.8 Å². The summed E-state index contributed by atoms with van der Waals surface area (Å²) in [6, 6.07) is 0. The normalized spacial score (nSPS) is 16.1. The lowest BCUT2D eigenvalue weighted by atomic mass is 9.77. The van der Waals surface area contributed by atoms with Gasteiger partial charge in [0, 0.05) is 5.41 Å². The largest absolute Gasteiger partial charge is 0.295 e. The van der Waals surface area contributed by atoms with E-state index in [-0.39, 0.29) is 5.78 Å². The van der Waals surface area contributed by atoms with Gasteiger partial charge in [0.15, 0.2) is 11.5 Å². The molecule has 0 amide bonds. The molecule has 0 aromatic carbocycles. The molecule has 15 heavy (non-hydrogen) atoms. The first kappa shape index (κ1) is 14.6. The standard InChI is InChI=1S/C13H25FO/c1-6-8-9-10-13(14,7-2)11(15)12(3,4)5/h6-10H2,1-5H3. The van der Waals surface area contributed by atoms with E-state index >= 15 is 0 Å². The Hall–Kier alpha value is -0.400. The molecule has 0 aliphatic heterocycles. The molecule has 0 spiro atoms. The molecule has 0 aliphatic rings. The highest BCUT2D eigenvalue weighted by Crippen LogP contribution is 2.33. The molecule has 0 aliphatic carbocycles. The summed E-state index contributed by atoms with van der Waals surface area (Å²) in [6.07, 6.45) is 3.55. The summed E-state index contributed by atoms with van der Waals surface area (Å²) in [6.45, 7) is 9.21. The third-order valence-electron chi connectivity index (χ3n) is 2.83. The van der Waals surface area contributed by atoms with Gasteiger partial charge in [-0.3, -0.25) is 4.79 Å². The number of halogens is 1. The number of ketones is 1. The fourth-order valence-electron chi connectivity index (χ4n) is 1.78. The second-order valence-corrected chi connectivity index (χ2v) is 5.36. The fraction of sp³-hybridized carbons (Fsp3) is 0.923. The number of carbonyl (C=O) groups excluding carboxylic acids is 1. The minimum Gasteiger partial charge on any atom is -0.295 e. The number of alkyl halides is 1. The molecule has 0 heterocycles. The summed E-state index contributed by atoms with van der Waals surface area (Å²) in [7, 11) is 0. The first-order chi connectivity index (χ1) is 6.78. The maximum atomic E-state index is 14.4. The van der Waals surface area contributed by atoms with E-state index in [1.165, 1.54) is 0 Å². The Bertz CT molecular complexity index is 205. The van der Waals surface area contributed by atoms with Gasteiger partial charge in [-0.15, -0.1) is 0 Å². The van der Waals surface area contributed by atoms with E-state index in [9.17, 15) is 9.18 Å². The SMILES string of the molecule is CCCCCC(F)(CC)C(=O)C(C)(C)C. The van der Waals surface area contributed by atoms with E-state index in [0.717, 1.165) is 19.3 Å². The van der Waals surface area contributed by atoms with Crippen molar-refractivity contribution >= 4 is 5.78 Å². The zero-order valence-corrected chi connectivity index (χ0v) is 10.8. The van der Waals surface area contributed by atoms with E-state index < -0.39 is 11.1 Å². The van der Waals surface area contributed by atoms with Gasteiger partial charge in [0.05, 0.1) is 0 Å². The molecule has 90 valence electrons. The lowest BCUT2D eigenvalue weighted by Crippen LogP contribution is -2.41. The first-order valence-electron chi connectivity index (χ1n) is 6.01. The molecule has 0 saturated heterocycles. The van der Waals surface area contributed by atoms with Crippen LogP contribution in [0.15, 0.2) is 0 Å². The minimum atomic E-state index is -1.60. The van der Waals surface area contributed by atoms with Crippen molar-refractivity contribution in [3.63, 3.8) is 0 Å². The average Bonchev–Trinajstić information content (AvgIpc) is 2.15. The maximum Gasteiger partial charge on any atom is 0.175 e. The van der Waals surface area contributed by atoms with Crippen molar-refractivity contribution in [2.45, 2.75) is 72.4 Å². The lowest BCUT2D eigenvalue weighted by Gasteiger charge is -2.29. The van der Waals surface area contributed by atoms with Crippen LogP contribution in [0.5, 0.6) is 0 Å². The molecular weight excluding hydrogens is 191 g/mol. The number of carbonyl (C=O) groups is 1. The number of hydrogen-bond donors (Lipinski definition) is 0. The van der Waals surface area contributed by atoms with Gasteiger partial charge in [0.2, 0.25) is 0 Å². The molecule has 2 heteroatoms. The van der Waals surface area contributed by atoms with Crippen molar-refractivity contribution in [3.05, 3.63) is 0 Å². The topological polar surface area (TPSA) is 17.1 Å². The van der Waals surface area contributed by atoms with Crippen molar-refractivity contribution in [1.82, 2.24) is 0 Å². The molecular formula is C13H25FO. The van der Waals surface area contributed by atoms with Crippen LogP contribution in [0.1, 0.15) is 66.7 Å². The molecule has 0 fully saturated rings. The minimum absolute atomic E-state index is 0.242. The molecule has 0 N–H and O–H groups in total. The highest BCUT2D eigenvalue weighted by Gasteiger charge is 2.41. The van der Waals surface area contributed by atoms with Crippen LogP contribution in [0.25, 0.3) is 0 Å². The molecule has 0 rings (SSSR count). The van der Waals surface area contributed by atoms with Gasteiger partial charge < -0.3 is 0 Å². The van der Waals surface area contributed by atoms with Crippen molar-refractivity contribution in [3.8, 4) is 0 Å². The van der Waals surface area contributed by atoms with Gasteiger partial charge in [0.1, 0.15) is 0 Å². The Balaban J connectivity index is 4.49. The van der Waals surface area contributed by atoms with Crippen molar-refractivity contribution in [1.29, 1.82) is 0 Å². The van der Waals surface area contributed by atoms with Crippen LogP contribution in [0, 0.1) is 5.41 Å².